The van der Waals surface area contributed by atoms with Crippen LogP contribution in [0.3, 0.4) is 0 Å². The quantitative estimate of drug-likeness (QED) is 0.102. The Kier molecular flexibility index (Phi) is 6.83. The Hall–Kier alpha value is -4.50. The first-order valence-electron chi connectivity index (χ1n) is 13.6. The Morgan fingerprint density at radius 1 is 1.05 bits per heavy atom. The molecule has 8 nitrogen and oxygen atoms in total. The van der Waals surface area contributed by atoms with Crippen LogP contribution in [0.15, 0.2) is 66.4 Å². The lowest BCUT2D eigenvalue weighted by Gasteiger charge is -2.23. The number of rotatable bonds is 7. The molecule has 0 aliphatic carbocycles. The molecule has 1 aliphatic rings. The number of anilines is 1. The molecule has 1 amide bonds. The maximum absolute atomic E-state index is 13.7. The van der Waals surface area contributed by atoms with Crippen LogP contribution in [-0.2, 0) is 9.59 Å². The minimum atomic E-state index is -0.920. The number of amides is 1. The predicted molar refractivity (Wildman–Crippen MR) is 161 cm³/mol. The standard InChI is InChI=1S/C32H30N4O4S/c1-5-6-15-40-22-11-7-10-21(17-22)27-25(28(37)26-20(4)35-14-8-9-19(3)30(35)34-26)29(38)31(39)36(27)32-33-23-13-12-18(2)16-24(23)41-32/h7-14,16-17,27,37H,5-6,15H2,1-4H3/b28-25+. The summed E-state index contributed by atoms with van der Waals surface area (Å²) in [5.41, 5.74) is 4.93. The average Bonchev–Trinajstić information content (AvgIpc) is 3.61. The SMILES string of the molecule is CCCCOc1cccc(C2/C(=C(\O)c3nc4c(C)cccn4c3C)C(=O)C(=O)N2c2nc3ccc(C)cc3s2)c1. The molecule has 4 heterocycles. The van der Waals surface area contributed by atoms with Crippen molar-refractivity contribution in [3.63, 3.8) is 0 Å². The third-order valence-electron chi connectivity index (χ3n) is 7.43. The Morgan fingerprint density at radius 2 is 1.88 bits per heavy atom. The van der Waals surface area contributed by atoms with Crippen molar-refractivity contribution >= 4 is 49.8 Å². The third-order valence-corrected chi connectivity index (χ3v) is 8.45. The summed E-state index contributed by atoms with van der Waals surface area (Å²) in [5, 5.41) is 12.1. The number of carbonyl (C=O) groups is 2. The van der Waals surface area contributed by atoms with Crippen molar-refractivity contribution in [2.45, 2.75) is 46.6 Å². The van der Waals surface area contributed by atoms with Gasteiger partial charge in [-0.05, 0) is 74.2 Å². The molecular weight excluding hydrogens is 536 g/mol. The number of carbonyl (C=O) groups excluding carboxylic acids is 2. The third kappa shape index (κ3) is 4.56. The molecule has 0 saturated carbocycles. The highest BCUT2D eigenvalue weighted by Crippen LogP contribution is 2.45. The lowest BCUT2D eigenvalue weighted by molar-refractivity contribution is -0.132. The van der Waals surface area contributed by atoms with E-state index in [1.54, 1.807) is 0 Å². The monoisotopic (exact) mass is 566 g/mol. The summed E-state index contributed by atoms with van der Waals surface area (Å²) in [6.45, 7) is 8.40. The zero-order chi connectivity index (χ0) is 28.8. The molecule has 1 N–H and O–H groups in total. The maximum Gasteiger partial charge on any atom is 0.301 e. The van der Waals surface area contributed by atoms with Crippen LogP contribution in [0, 0.1) is 20.8 Å². The molecule has 1 saturated heterocycles. The second-order valence-corrected chi connectivity index (χ2v) is 11.4. The summed E-state index contributed by atoms with van der Waals surface area (Å²) in [6, 6.07) is 16.1. The van der Waals surface area contributed by atoms with Crippen molar-refractivity contribution in [2.24, 2.45) is 0 Å². The zero-order valence-corrected chi connectivity index (χ0v) is 24.2. The molecule has 9 heteroatoms. The number of hydrogen-bond acceptors (Lipinski definition) is 7. The highest BCUT2D eigenvalue weighted by molar-refractivity contribution is 7.22. The van der Waals surface area contributed by atoms with Gasteiger partial charge < -0.3 is 14.2 Å². The summed E-state index contributed by atoms with van der Waals surface area (Å²) >= 11 is 1.34. The number of Topliss-reactive ketones (excluding diaryl/α,β-unsaturated/α-hetero) is 1. The number of fused-ring (bicyclic) bond motifs is 2. The van der Waals surface area contributed by atoms with Gasteiger partial charge in [-0.15, -0.1) is 0 Å². The Morgan fingerprint density at radius 3 is 2.66 bits per heavy atom. The van der Waals surface area contributed by atoms with Crippen molar-refractivity contribution in [3.8, 4) is 5.75 Å². The number of nitrogens with zero attached hydrogens (tertiary/aromatic N) is 4. The number of ether oxygens (including phenoxy) is 1. The van der Waals surface area contributed by atoms with E-state index in [1.165, 1.54) is 16.2 Å². The Labute approximate surface area is 241 Å². The summed E-state index contributed by atoms with van der Waals surface area (Å²) in [5.74, 6) is -1.22. The van der Waals surface area contributed by atoms with Crippen molar-refractivity contribution in [1.29, 1.82) is 0 Å². The van der Waals surface area contributed by atoms with Crippen molar-refractivity contribution < 1.29 is 19.4 Å². The van der Waals surface area contributed by atoms with Gasteiger partial charge in [0.1, 0.15) is 17.1 Å². The van der Waals surface area contributed by atoms with Crippen LogP contribution >= 0.6 is 11.3 Å². The number of ketones is 1. The smallest absolute Gasteiger partial charge is 0.301 e. The fraction of sp³-hybridized carbons (Fsp3) is 0.250. The molecule has 6 rings (SSSR count). The topological polar surface area (TPSA) is 97.0 Å². The van der Waals surface area contributed by atoms with Gasteiger partial charge in [0.15, 0.2) is 10.9 Å². The number of aliphatic hydroxyl groups is 1. The van der Waals surface area contributed by atoms with Crippen molar-refractivity contribution in [3.05, 3.63) is 94.4 Å². The normalized spacial score (nSPS) is 16.8. The van der Waals surface area contributed by atoms with Gasteiger partial charge in [-0.1, -0.05) is 48.9 Å². The van der Waals surface area contributed by atoms with Gasteiger partial charge in [0, 0.05) is 6.20 Å². The molecule has 0 radical (unpaired) electrons. The van der Waals surface area contributed by atoms with E-state index in [2.05, 4.69) is 11.9 Å². The van der Waals surface area contributed by atoms with Gasteiger partial charge in [-0.2, -0.15) is 0 Å². The summed E-state index contributed by atoms with van der Waals surface area (Å²) in [7, 11) is 0. The van der Waals surface area contributed by atoms with Crippen LogP contribution in [0.1, 0.15) is 53.9 Å². The first-order valence-corrected chi connectivity index (χ1v) is 14.5. The molecule has 1 aliphatic heterocycles. The van der Waals surface area contributed by atoms with Gasteiger partial charge in [0.25, 0.3) is 5.78 Å². The van der Waals surface area contributed by atoms with Crippen LogP contribution in [0.5, 0.6) is 5.75 Å². The maximum atomic E-state index is 13.7. The van der Waals surface area contributed by atoms with Gasteiger partial charge in [-0.25, -0.2) is 9.97 Å². The molecule has 208 valence electrons. The number of thiazole rings is 1. The number of pyridine rings is 1. The molecule has 1 atom stereocenters. The summed E-state index contributed by atoms with van der Waals surface area (Å²) in [4.78, 5) is 38.3. The lowest BCUT2D eigenvalue weighted by Crippen LogP contribution is -2.29. The van der Waals surface area contributed by atoms with Crippen LogP contribution < -0.4 is 9.64 Å². The van der Waals surface area contributed by atoms with E-state index in [0.717, 1.165) is 34.2 Å². The molecule has 1 fully saturated rings. The fourth-order valence-electron chi connectivity index (χ4n) is 5.25. The summed E-state index contributed by atoms with van der Waals surface area (Å²) < 4.78 is 8.73. The first kappa shape index (κ1) is 26.7. The average molecular weight is 567 g/mol. The predicted octanol–water partition coefficient (Wildman–Crippen LogP) is 6.67. The lowest BCUT2D eigenvalue weighted by atomic mass is 9.96. The fourth-order valence-corrected chi connectivity index (χ4v) is 6.34. The van der Waals surface area contributed by atoms with Gasteiger partial charge in [-0.3, -0.25) is 14.5 Å². The minimum Gasteiger partial charge on any atom is -0.505 e. The number of aromatic nitrogens is 3. The summed E-state index contributed by atoms with van der Waals surface area (Å²) in [6.07, 6.45) is 3.76. The van der Waals surface area contributed by atoms with Crippen LogP contribution in [0.25, 0.3) is 21.6 Å². The van der Waals surface area contributed by atoms with Crippen LogP contribution in [0.4, 0.5) is 5.13 Å². The second-order valence-electron chi connectivity index (χ2n) is 10.3. The highest BCUT2D eigenvalue weighted by Gasteiger charge is 2.48. The van der Waals surface area contributed by atoms with Crippen LogP contribution in [-0.4, -0.2) is 37.8 Å². The number of unbranched alkanes of at least 4 members (excludes halogenated alkanes) is 1. The number of aryl methyl sites for hydroxylation is 3. The van der Waals surface area contributed by atoms with E-state index in [1.807, 2.05) is 86.0 Å². The molecule has 5 aromatic rings. The molecule has 41 heavy (non-hydrogen) atoms. The second kappa shape index (κ2) is 10.5. The van der Waals surface area contributed by atoms with E-state index >= 15 is 0 Å². The zero-order valence-electron chi connectivity index (χ0n) is 23.3. The molecule has 3 aromatic heterocycles. The molecule has 1 unspecified atom stereocenters. The first-order chi connectivity index (χ1) is 19.8. The van der Waals surface area contributed by atoms with Crippen molar-refractivity contribution in [2.75, 3.05) is 11.5 Å². The van der Waals surface area contributed by atoms with E-state index in [9.17, 15) is 14.7 Å². The number of imidazole rings is 1. The Balaban J connectivity index is 1.56. The number of hydrogen-bond donors (Lipinski definition) is 1. The van der Waals surface area contributed by atoms with E-state index in [0.29, 0.717) is 34.4 Å². The van der Waals surface area contributed by atoms with Gasteiger partial charge >= 0.3 is 5.91 Å². The highest BCUT2D eigenvalue weighted by atomic mass is 32.1. The molecule has 2 aromatic carbocycles. The van der Waals surface area contributed by atoms with Gasteiger partial charge in [0.2, 0.25) is 0 Å². The van der Waals surface area contributed by atoms with E-state index in [4.69, 9.17) is 9.72 Å². The molecule has 0 spiro atoms. The Bertz CT molecular complexity index is 1870. The largest absolute Gasteiger partial charge is 0.505 e. The van der Waals surface area contributed by atoms with Crippen LogP contribution in [0.2, 0.25) is 0 Å². The molecular formula is C32H30N4O4S. The number of aliphatic hydroxyl groups excluding tert-OH is 1. The van der Waals surface area contributed by atoms with Gasteiger partial charge in [0.05, 0.1) is 34.1 Å². The van der Waals surface area contributed by atoms with Crippen molar-refractivity contribution in [1.82, 2.24) is 14.4 Å². The number of benzene rings is 2. The van der Waals surface area contributed by atoms with E-state index < -0.39 is 17.7 Å². The minimum absolute atomic E-state index is 0.0275. The van der Waals surface area contributed by atoms with E-state index in [-0.39, 0.29) is 17.0 Å². The molecule has 0 bridgehead atoms.